The summed E-state index contributed by atoms with van der Waals surface area (Å²) in [6.07, 6.45) is 5.98. The lowest BCUT2D eigenvalue weighted by Gasteiger charge is -2.30. The van der Waals surface area contributed by atoms with Crippen LogP contribution in [0.3, 0.4) is 0 Å². The van der Waals surface area contributed by atoms with E-state index in [-0.39, 0.29) is 17.7 Å². The Morgan fingerprint density at radius 2 is 1.76 bits per heavy atom. The van der Waals surface area contributed by atoms with E-state index < -0.39 is 5.97 Å². The summed E-state index contributed by atoms with van der Waals surface area (Å²) in [6, 6.07) is 4.43. The summed E-state index contributed by atoms with van der Waals surface area (Å²) in [5.41, 5.74) is 0. The predicted octanol–water partition coefficient (Wildman–Crippen LogP) is 3.79. The van der Waals surface area contributed by atoms with Crippen molar-refractivity contribution >= 4 is 11.9 Å². The van der Waals surface area contributed by atoms with Crippen LogP contribution in [0.4, 0.5) is 0 Å². The van der Waals surface area contributed by atoms with Crippen molar-refractivity contribution in [3.63, 3.8) is 0 Å². The number of carbonyl (C=O) groups excluding carboxylic acids is 1. The van der Waals surface area contributed by atoms with Gasteiger partial charge in [0, 0.05) is 17.9 Å². The summed E-state index contributed by atoms with van der Waals surface area (Å²) < 4.78 is 6.00. The van der Waals surface area contributed by atoms with Gasteiger partial charge in [-0.2, -0.15) is 0 Å². The van der Waals surface area contributed by atoms with Crippen LogP contribution in [0, 0.1) is 17.8 Å². The minimum absolute atomic E-state index is 0.0194. The minimum atomic E-state index is -0.720. The molecule has 3 aliphatic rings. The summed E-state index contributed by atoms with van der Waals surface area (Å²) >= 11 is 0. The van der Waals surface area contributed by atoms with Crippen LogP contribution in [0.15, 0.2) is 16.5 Å². The molecule has 25 heavy (non-hydrogen) atoms. The van der Waals surface area contributed by atoms with Crippen molar-refractivity contribution < 1.29 is 19.1 Å². The molecule has 2 atom stereocenters. The fourth-order valence-electron chi connectivity index (χ4n) is 4.16. The quantitative estimate of drug-likeness (QED) is 0.851. The molecule has 4 rings (SSSR count). The van der Waals surface area contributed by atoms with Crippen molar-refractivity contribution in [2.45, 2.75) is 70.4 Å². The summed E-state index contributed by atoms with van der Waals surface area (Å²) in [5, 5.41) is 9.13. The van der Waals surface area contributed by atoms with Crippen molar-refractivity contribution in [2.24, 2.45) is 17.8 Å². The number of carbonyl (C=O) groups is 2. The molecule has 0 saturated heterocycles. The van der Waals surface area contributed by atoms with Gasteiger partial charge in [0.1, 0.15) is 11.5 Å². The maximum Gasteiger partial charge on any atom is 0.306 e. The highest BCUT2D eigenvalue weighted by Crippen LogP contribution is 2.47. The molecule has 2 unspecified atom stereocenters. The highest BCUT2D eigenvalue weighted by atomic mass is 16.4. The van der Waals surface area contributed by atoms with Crippen LogP contribution in [-0.2, 0) is 16.1 Å². The van der Waals surface area contributed by atoms with E-state index in [0.717, 1.165) is 24.4 Å². The Bertz CT molecular complexity index is 654. The third kappa shape index (κ3) is 3.60. The third-order valence-corrected chi connectivity index (χ3v) is 6.18. The average molecular weight is 345 g/mol. The Morgan fingerprint density at radius 1 is 1.12 bits per heavy atom. The van der Waals surface area contributed by atoms with Gasteiger partial charge in [-0.1, -0.05) is 6.92 Å². The summed E-state index contributed by atoms with van der Waals surface area (Å²) in [6.45, 7) is 2.80. The first kappa shape index (κ1) is 16.7. The number of carboxylic acid groups (broad SMARTS) is 1. The lowest BCUT2D eigenvalue weighted by molar-refractivity contribution is -0.146. The second-order valence-electron chi connectivity index (χ2n) is 8.21. The van der Waals surface area contributed by atoms with Crippen LogP contribution in [0.5, 0.6) is 0 Å². The number of rotatable bonds is 6. The Morgan fingerprint density at radius 3 is 2.32 bits per heavy atom. The molecule has 0 aliphatic heterocycles. The smallest absolute Gasteiger partial charge is 0.306 e. The van der Waals surface area contributed by atoms with Gasteiger partial charge >= 0.3 is 5.97 Å². The summed E-state index contributed by atoms with van der Waals surface area (Å²) in [4.78, 5) is 26.1. The minimum Gasteiger partial charge on any atom is -0.481 e. The number of hydrogen-bond donors (Lipinski definition) is 1. The van der Waals surface area contributed by atoms with E-state index in [2.05, 4.69) is 13.0 Å². The van der Waals surface area contributed by atoms with Gasteiger partial charge < -0.3 is 14.4 Å². The van der Waals surface area contributed by atoms with Crippen molar-refractivity contribution in [3.8, 4) is 0 Å². The molecule has 1 amide bonds. The van der Waals surface area contributed by atoms with Gasteiger partial charge in [0.2, 0.25) is 5.91 Å². The van der Waals surface area contributed by atoms with E-state index in [1.165, 1.54) is 6.42 Å². The molecule has 5 nitrogen and oxygen atoms in total. The van der Waals surface area contributed by atoms with Crippen LogP contribution in [0.25, 0.3) is 0 Å². The second-order valence-corrected chi connectivity index (χ2v) is 8.21. The van der Waals surface area contributed by atoms with Crippen LogP contribution in [-0.4, -0.2) is 27.9 Å². The Balaban J connectivity index is 1.38. The number of carboxylic acids is 1. The fraction of sp³-hybridized carbons (Fsp3) is 0.700. The normalized spacial score (nSPS) is 31.6. The van der Waals surface area contributed by atoms with Gasteiger partial charge in [-0.05, 0) is 63.0 Å². The van der Waals surface area contributed by atoms with E-state index in [1.807, 2.05) is 11.0 Å². The molecule has 136 valence electrons. The standard InChI is InChI=1S/C20H27NO4/c1-12-10-17(12)18-9-8-16(25-18)11-21(15-6-7-15)19(22)13-2-4-14(5-3-13)20(23)24/h8-9,12-15,17H,2-7,10-11H2,1H3,(H,23,24). The summed E-state index contributed by atoms with van der Waals surface area (Å²) in [5.74, 6) is 2.41. The molecule has 1 aromatic heterocycles. The van der Waals surface area contributed by atoms with Gasteiger partial charge in [0.25, 0.3) is 0 Å². The van der Waals surface area contributed by atoms with Gasteiger partial charge in [-0.3, -0.25) is 9.59 Å². The number of hydrogen-bond acceptors (Lipinski definition) is 3. The lowest BCUT2D eigenvalue weighted by atomic mass is 9.81. The van der Waals surface area contributed by atoms with Gasteiger partial charge in [-0.15, -0.1) is 0 Å². The van der Waals surface area contributed by atoms with Crippen LogP contribution >= 0.6 is 0 Å². The zero-order chi connectivity index (χ0) is 17.6. The maximum atomic E-state index is 13.0. The zero-order valence-corrected chi connectivity index (χ0v) is 14.8. The third-order valence-electron chi connectivity index (χ3n) is 6.18. The van der Waals surface area contributed by atoms with E-state index in [9.17, 15) is 9.59 Å². The molecule has 3 saturated carbocycles. The van der Waals surface area contributed by atoms with Gasteiger partial charge in [-0.25, -0.2) is 0 Å². The largest absolute Gasteiger partial charge is 0.481 e. The first-order valence-electron chi connectivity index (χ1n) is 9.65. The van der Waals surface area contributed by atoms with Crippen molar-refractivity contribution in [2.75, 3.05) is 0 Å². The number of furan rings is 1. The Labute approximate surface area is 148 Å². The van der Waals surface area contributed by atoms with E-state index >= 15 is 0 Å². The monoisotopic (exact) mass is 345 g/mol. The van der Waals surface area contributed by atoms with Gasteiger partial charge in [0.05, 0.1) is 12.5 Å². The molecular formula is C20H27NO4. The molecule has 3 aliphatic carbocycles. The number of aliphatic carboxylic acids is 1. The molecule has 0 spiro atoms. The molecule has 3 fully saturated rings. The van der Waals surface area contributed by atoms with Crippen molar-refractivity contribution in [3.05, 3.63) is 23.7 Å². The SMILES string of the molecule is CC1CC1c1ccc(CN(C(=O)C2CCC(C(=O)O)CC2)C2CC2)o1. The summed E-state index contributed by atoms with van der Waals surface area (Å²) in [7, 11) is 0. The molecule has 1 heterocycles. The van der Waals surface area contributed by atoms with E-state index in [4.69, 9.17) is 9.52 Å². The van der Waals surface area contributed by atoms with Crippen LogP contribution < -0.4 is 0 Å². The second kappa shape index (κ2) is 6.50. The maximum absolute atomic E-state index is 13.0. The van der Waals surface area contributed by atoms with Crippen LogP contribution in [0.2, 0.25) is 0 Å². The van der Waals surface area contributed by atoms with Crippen molar-refractivity contribution in [1.82, 2.24) is 4.90 Å². The lowest BCUT2D eigenvalue weighted by Crippen LogP contribution is -2.39. The Hall–Kier alpha value is -1.78. The molecule has 1 aromatic rings. The highest BCUT2D eigenvalue weighted by molar-refractivity contribution is 5.80. The molecular weight excluding hydrogens is 318 g/mol. The first-order valence-corrected chi connectivity index (χ1v) is 9.65. The Kier molecular flexibility index (Phi) is 4.34. The van der Waals surface area contributed by atoms with Gasteiger partial charge in [0.15, 0.2) is 0 Å². The average Bonchev–Trinajstić information content (AvgIpc) is 3.53. The molecule has 0 bridgehead atoms. The number of nitrogens with zero attached hydrogens (tertiary/aromatic N) is 1. The number of amides is 1. The van der Waals surface area contributed by atoms with Crippen molar-refractivity contribution in [1.29, 1.82) is 0 Å². The van der Waals surface area contributed by atoms with E-state index in [1.54, 1.807) is 0 Å². The fourth-order valence-corrected chi connectivity index (χ4v) is 4.16. The van der Waals surface area contributed by atoms with Crippen LogP contribution in [0.1, 0.15) is 69.3 Å². The molecule has 0 aromatic carbocycles. The molecule has 1 N–H and O–H groups in total. The molecule has 5 heteroatoms. The highest BCUT2D eigenvalue weighted by Gasteiger charge is 2.39. The topological polar surface area (TPSA) is 70.8 Å². The molecule has 0 radical (unpaired) electrons. The zero-order valence-electron chi connectivity index (χ0n) is 14.8. The predicted molar refractivity (Wildman–Crippen MR) is 91.9 cm³/mol. The first-order chi connectivity index (χ1) is 12.0. The van der Waals surface area contributed by atoms with E-state index in [0.29, 0.717) is 50.1 Å².